The first-order valence-electron chi connectivity index (χ1n) is 13.6. The van der Waals surface area contributed by atoms with Crippen molar-refractivity contribution in [3.63, 3.8) is 0 Å². The number of nitrogens with one attached hydrogen (secondary N) is 1. The van der Waals surface area contributed by atoms with E-state index in [0.717, 1.165) is 32.0 Å². The monoisotopic (exact) mass is 561 g/mol. The molecule has 14 heteroatoms. The lowest BCUT2D eigenvalue weighted by atomic mass is 10.1. The van der Waals surface area contributed by atoms with Gasteiger partial charge in [0, 0.05) is 32.4 Å². The number of unbranched alkanes of at least 4 members (excludes halogenated alkanes) is 4. The van der Waals surface area contributed by atoms with E-state index in [9.17, 15) is 24.6 Å². The largest absolute Gasteiger partial charge is 0.481 e. The molecular formula is C26H39N7O7. The lowest BCUT2D eigenvalue weighted by Gasteiger charge is -2.22. The highest BCUT2D eigenvalue weighted by Crippen LogP contribution is 2.32. The van der Waals surface area contributed by atoms with Gasteiger partial charge >= 0.3 is 5.97 Å². The first kappa shape index (κ1) is 31.2. The van der Waals surface area contributed by atoms with Crippen molar-refractivity contribution >= 4 is 41.4 Å². The van der Waals surface area contributed by atoms with Gasteiger partial charge in [0.1, 0.15) is 30.9 Å². The van der Waals surface area contributed by atoms with E-state index in [4.69, 9.17) is 9.84 Å². The number of imidazole rings is 1. The summed E-state index contributed by atoms with van der Waals surface area (Å²) in [4.78, 5) is 52.4. The minimum Gasteiger partial charge on any atom is -0.481 e. The quantitative estimate of drug-likeness (QED) is 0.116. The van der Waals surface area contributed by atoms with Crippen molar-refractivity contribution in [2.75, 3.05) is 32.0 Å². The number of hydrogen-bond acceptors (Lipinski definition) is 11. The molecule has 0 aromatic carbocycles. The first-order valence-corrected chi connectivity index (χ1v) is 13.6. The van der Waals surface area contributed by atoms with Crippen LogP contribution in [0.3, 0.4) is 0 Å². The highest BCUT2D eigenvalue weighted by molar-refractivity contribution is 5.96. The van der Waals surface area contributed by atoms with Crippen LogP contribution in [0.15, 0.2) is 17.6 Å². The van der Waals surface area contributed by atoms with E-state index in [-0.39, 0.29) is 18.1 Å². The van der Waals surface area contributed by atoms with Crippen molar-refractivity contribution in [2.24, 2.45) is 4.99 Å². The maximum atomic E-state index is 12.5. The number of aromatic nitrogens is 4. The summed E-state index contributed by atoms with van der Waals surface area (Å²) in [6.07, 6.45) is 6.77. The lowest BCUT2D eigenvalue weighted by Crippen LogP contribution is -2.38. The van der Waals surface area contributed by atoms with Gasteiger partial charge in [-0.05, 0) is 51.9 Å². The molecular weight excluding hydrogens is 522 g/mol. The Hall–Kier alpha value is -3.33. The second-order valence-electron chi connectivity index (χ2n) is 9.90. The summed E-state index contributed by atoms with van der Waals surface area (Å²) in [5, 5.41) is 32.9. The van der Waals surface area contributed by atoms with Gasteiger partial charge in [-0.3, -0.25) is 19.1 Å². The van der Waals surface area contributed by atoms with E-state index in [2.05, 4.69) is 25.3 Å². The van der Waals surface area contributed by atoms with Gasteiger partial charge in [0.25, 0.3) is 0 Å². The molecule has 2 aromatic heterocycles. The number of aliphatic hydroxyl groups is 2. The van der Waals surface area contributed by atoms with E-state index < -0.39 is 30.5 Å². The fraction of sp³-hybridized carbons (Fsp3) is 0.654. The van der Waals surface area contributed by atoms with E-state index in [1.807, 2.05) is 11.1 Å². The third kappa shape index (κ3) is 9.11. The van der Waals surface area contributed by atoms with Gasteiger partial charge in [0.15, 0.2) is 23.2 Å². The fourth-order valence-electron chi connectivity index (χ4n) is 4.47. The van der Waals surface area contributed by atoms with Crippen molar-refractivity contribution in [3.8, 4) is 0 Å². The second-order valence-corrected chi connectivity index (χ2v) is 9.90. The van der Waals surface area contributed by atoms with Crippen molar-refractivity contribution < 1.29 is 34.4 Å². The van der Waals surface area contributed by atoms with Gasteiger partial charge in [0.05, 0.1) is 6.33 Å². The SMILES string of the molecule is CN(CCCC(=O)O)C[C@H]1O[C@@H](n2cnc3c(NC(=O)CCCCC/N=C/CCCC=O)ncnc32)[C@H](O)[C@@H]1O. The second kappa shape index (κ2) is 16.1. The lowest BCUT2D eigenvalue weighted by molar-refractivity contribution is -0.137. The highest BCUT2D eigenvalue weighted by Gasteiger charge is 2.44. The highest BCUT2D eigenvalue weighted by atomic mass is 16.6. The van der Waals surface area contributed by atoms with Crippen LogP contribution in [-0.2, 0) is 19.1 Å². The topological polar surface area (TPSA) is 192 Å². The number of aliphatic imine (C=N–C) groups is 1. The molecule has 3 heterocycles. The molecule has 4 atom stereocenters. The molecule has 4 N–H and O–H groups in total. The summed E-state index contributed by atoms with van der Waals surface area (Å²) >= 11 is 0. The Bertz CT molecular complexity index is 1140. The van der Waals surface area contributed by atoms with Crippen molar-refractivity contribution in [1.82, 2.24) is 24.4 Å². The van der Waals surface area contributed by atoms with Crippen LogP contribution in [0.4, 0.5) is 5.82 Å². The normalized spacial score (nSPS) is 21.0. The van der Waals surface area contributed by atoms with Gasteiger partial charge in [0.2, 0.25) is 5.91 Å². The number of likely N-dealkylation sites (N-methyl/N-ethyl adjacent to an activating group) is 1. The Balaban J connectivity index is 1.51. The number of carbonyl (C=O) groups excluding carboxylic acids is 2. The van der Waals surface area contributed by atoms with Crippen molar-refractivity contribution in [3.05, 3.63) is 12.7 Å². The summed E-state index contributed by atoms with van der Waals surface area (Å²) in [6.45, 7) is 1.49. The zero-order valence-electron chi connectivity index (χ0n) is 22.8. The first-order chi connectivity index (χ1) is 19.3. The predicted octanol–water partition coefficient (Wildman–Crippen LogP) is 1.18. The molecule has 0 saturated carbocycles. The Labute approximate surface area is 232 Å². The minimum absolute atomic E-state index is 0.0450. The molecule has 1 aliphatic heterocycles. The number of amides is 1. The zero-order chi connectivity index (χ0) is 28.9. The van der Waals surface area contributed by atoms with Crippen LogP contribution in [0.1, 0.15) is 64.0 Å². The summed E-state index contributed by atoms with van der Waals surface area (Å²) in [5.74, 6) is -0.826. The summed E-state index contributed by atoms with van der Waals surface area (Å²) < 4.78 is 7.47. The molecule has 40 heavy (non-hydrogen) atoms. The van der Waals surface area contributed by atoms with Crippen LogP contribution in [0.5, 0.6) is 0 Å². The van der Waals surface area contributed by atoms with Gasteiger partial charge in [-0.25, -0.2) is 15.0 Å². The summed E-state index contributed by atoms with van der Waals surface area (Å²) in [7, 11) is 1.79. The average Bonchev–Trinajstić information content (AvgIpc) is 3.46. The molecule has 1 saturated heterocycles. The Kier molecular flexibility index (Phi) is 12.5. The number of carboxylic acids is 1. The molecule has 1 fully saturated rings. The standard InChI is InChI=1S/C26H39N7O7/c1-32(13-8-10-20(36)37)15-18-22(38)23(39)26(40-18)33-17-30-21-24(28-16-29-25(21)33)31-19(35)9-4-2-5-11-27-12-6-3-7-14-34/h12,14,16-18,22-23,26,38-39H,2-11,13,15H2,1H3,(H,36,37)(H,28,29,31,35)/b27-12+/t18-,22-,23-,26-/m1/s1. The van der Waals surface area contributed by atoms with Gasteiger partial charge in [-0.15, -0.1) is 0 Å². The number of carbonyl (C=O) groups is 3. The number of aliphatic hydroxyl groups excluding tert-OH is 2. The van der Waals surface area contributed by atoms with Crippen LogP contribution in [-0.4, -0.2) is 109 Å². The third-order valence-electron chi connectivity index (χ3n) is 6.63. The zero-order valence-corrected chi connectivity index (χ0v) is 22.8. The fourth-order valence-corrected chi connectivity index (χ4v) is 4.47. The molecule has 220 valence electrons. The third-order valence-corrected chi connectivity index (χ3v) is 6.63. The predicted molar refractivity (Wildman–Crippen MR) is 146 cm³/mol. The minimum atomic E-state index is -1.25. The summed E-state index contributed by atoms with van der Waals surface area (Å²) in [5.41, 5.74) is 0.669. The molecule has 3 rings (SSSR count). The summed E-state index contributed by atoms with van der Waals surface area (Å²) in [6, 6.07) is 0. The average molecular weight is 562 g/mol. The molecule has 0 bridgehead atoms. The van der Waals surface area contributed by atoms with Crippen LogP contribution < -0.4 is 5.32 Å². The number of nitrogens with zero attached hydrogens (tertiary/aromatic N) is 6. The van der Waals surface area contributed by atoms with Crippen LogP contribution in [0.2, 0.25) is 0 Å². The van der Waals surface area contributed by atoms with Gasteiger partial charge < -0.3 is 35.1 Å². The molecule has 0 aliphatic carbocycles. The number of aliphatic carboxylic acids is 1. The number of hydrogen-bond donors (Lipinski definition) is 4. The Morgan fingerprint density at radius 3 is 2.70 bits per heavy atom. The van der Waals surface area contributed by atoms with Gasteiger partial charge in [-0.2, -0.15) is 0 Å². The molecule has 2 aromatic rings. The maximum absolute atomic E-state index is 12.5. The van der Waals surface area contributed by atoms with Crippen molar-refractivity contribution in [1.29, 1.82) is 0 Å². The molecule has 1 amide bonds. The molecule has 1 aliphatic rings. The van der Waals surface area contributed by atoms with E-state index in [0.29, 0.717) is 56.5 Å². The number of rotatable bonds is 18. The number of fused-ring (bicyclic) bond motifs is 1. The Morgan fingerprint density at radius 1 is 1.10 bits per heavy atom. The molecule has 0 spiro atoms. The van der Waals surface area contributed by atoms with Gasteiger partial charge in [-0.1, -0.05) is 6.42 Å². The van der Waals surface area contributed by atoms with Crippen molar-refractivity contribution in [2.45, 2.75) is 82.3 Å². The molecule has 0 radical (unpaired) electrons. The Morgan fingerprint density at radius 2 is 1.93 bits per heavy atom. The van der Waals surface area contributed by atoms with Crippen LogP contribution in [0, 0.1) is 0 Å². The maximum Gasteiger partial charge on any atom is 0.303 e. The smallest absolute Gasteiger partial charge is 0.303 e. The number of aldehydes is 1. The van der Waals surface area contributed by atoms with E-state index in [1.165, 1.54) is 17.2 Å². The van der Waals surface area contributed by atoms with Crippen LogP contribution >= 0.6 is 0 Å². The van der Waals surface area contributed by atoms with Crippen LogP contribution in [0.25, 0.3) is 11.2 Å². The number of anilines is 1. The molecule has 0 unspecified atom stereocenters. The molecule has 14 nitrogen and oxygen atoms in total. The number of carboxylic acid groups (broad SMARTS) is 1. The van der Waals surface area contributed by atoms with E-state index in [1.54, 1.807) is 7.05 Å². The van der Waals surface area contributed by atoms with E-state index >= 15 is 0 Å². The number of ether oxygens (including phenoxy) is 1.